The van der Waals surface area contributed by atoms with E-state index in [1.165, 1.54) is 0 Å². The van der Waals surface area contributed by atoms with Crippen LogP contribution in [-0.4, -0.2) is 37.8 Å². The van der Waals surface area contributed by atoms with Gasteiger partial charge >= 0.3 is 0 Å². The van der Waals surface area contributed by atoms with E-state index in [9.17, 15) is 5.11 Å². The van der Waals surface area contributed by atoms with E-state index in [-0.39, 0.29) is 6.10 Å². The summed E-state index contributed by atoms with van der Waals surface area (Å²) in [4.78, 5) is 0. The van der Waals surface area contributed by atoms with Crippen LogP contribution in [0, 0.1) is 0 Å². The van der Waals surface area contributed by atoms with Crippen LogP contribution < -0.4 is 9.47 Å². The molecule has 2 heterocycles. The van der Waals surface area contributed by atoms with Crippen LogP contribution in [0.3, 0.4) is 0 Å². The van der Waals surface area contributed by atoms with Gasteiger partial charge in [0.05, 0.1) is 12.2 Å². The Morgan fingerprint density at radius 2 is 1.89 bits per heavy atom. The number of hydrogen-bond donors (Lipinski definition) is 1. The number of fused-ring (bicyclic) bond motifs is 1. The molecule has 2 aliphatic rings. The minimum atomic E-state index is -0.439. The Hall–Kier alpha value is -1.79. The van der Waals surface area contributed by atoms with Gasteiger partial charge in [-0.25, -0.2) is 0 Å². The molecule has 2 aromatic rings. The van der Waals surface area contributed by atoms with Crippen molar-refractivity contribution in [2.75, 3.05) is 20.3 Å². The standard InChI is InChI=1S/C21H23ClO5/c1-24-21-12-16(23)11-19(27-21)14-3-4-17(22)15(10-14)8-13-2-5-18-20(9-13)26-7-6-25-18/h2-5,9-10,16,19,21,23H,6-8,11-12H2,1H3. The summed E-state index contributed by atoms with van der Waals surface area (Å²) in [5.74, 6) is 1.55. The van der Waals surface area contributed by atoms with Crippen LogP contribution in [0.4, 0.5) is 0 Å². The van der Waals surface area contributed by atoms with E-state index < -0.39 is 12.4 Å². The first kappa shape index (κ1) is 18.6. The van der Waals surface area contributed by atoms with Crippen molar-refractivity contribution in [3.05, 3.63) is 58.1 Å². The Morgan fingerprint density at radius 1 is 1.07 bits per heavy atom. The quantitative estimate of drug-likeness (QED) is 0.858. The summed E-state index contributed by atoms with van der Waals surface area (Å²) in [6.07, 6.45) is 0.665. The van der Waals surface area contributed by atoms with Crippen molar-refractivity contribution in [3.63, 3.8) is 0 Å². The molecule has 2 aromatic carbocycles. The average Bonchev–Trinajstić information content (AvgIpc) is 2.69. The lowest BCUT2D eigenvalue weighted by atomic mass is 9.95. The molecule has 0 saturated carbocycles. The molecule has 1 saturated heterocycles. The fourth-order valence-corrected chi connectivity index (χ4v) is 3.76. The van der Waals surface area contributed by atoms with Crippen molar-refractivity contribution in [1.82, 2.24) is 0 Å². The van der Waals surface area contributed by atoms with Crippen molar-refractivity contribution < 1.29 is 24.1 Å². The Bertz CT molecular complexity index is 809. The number of aliphatic hydroxyl groups is 1. The second-order valence-electron chi connectivity index (χ2n) is 6.92. The van der Waals surface area contributed by atoms with Crippen LogP contribution in [-0.2, 0) is 15.9 Å². The fraction of sp³-hybridized carbons (Fsp3) is 0.429. The molecule has 0 amide bonds. The summed E-state index contributed by atoms with van der Waals surface area (Å²) in [5, 5.41) is 10.8. The molecule has 0 spiro atoms. The van der Waals surface area contributed by atoms with Crippen molar-refractivity contribution in [3.8, 4) is 11.5 Å². The highest BCUT2D eigenvalue weighted by Gasteiger charge is 2.29. The van der Waals surface area contributed by atoms with Crippen molar-refractivity contribution in [1.29, 1.82) is 0 Å². The molecule has 0 aliphatic carbocycles. The largest absolute Gasteiger partial charge is 0.486 e. The van der Waals surface area contributed by atoms with Crippen LogP contribution >= 0.6 is 11.6 Å². The van der Waals surface area contributed by atoms with E-state index in [1.54, 1.807) is 7.11 Å². The molecule has 4 rings (SSSR count). The molecule has 1 N–H and O–H groups in total. The first-order valence-electron chi connectivity index (χ1n) is 9.15. The SMILES string of the molecule is COC1CC(O)CC(c2ccc(Cl)c(Cc3ccc4c(c3)OCCO4)c2)O1. The number of methoxy groups -OCH3 is 1. The highest BCUT2D eigenvalue weighted by atomic mass is 35.5. The monoisotopic (exact) mass is 390 g/mol. The van der Waals surface area contributed by atoms with E-state index in [0.717, 1.165) is 28.2 Å². The molecule has 5 nitrogen and oxygen atoms in total. The number of aliphatic hydroxyl groups excluding tert-OH is 1. The van der Waals surface area contributed by atoms with Gasteiger partial charge in [-0.15, -0.1) is 0 Å². The maximum Gasteiger partial charge on any atom is 0.161 e. The molecule has 2 aliphatic heterocycles. The second-order valence-corrected chi connectivity index (χ2v) is 7.33. The second kappa shape index (κ2) is 8.07. The summed E-state index contributed by atoms with van der Waals surface area (Å²) < 4.78 is 22.5. The smallest absolute Gasteiger partial charge is 0.161 e. The van der Waals surface area contributed by atoms with Gasteiger partial charge in [0.15, 0.2) is 17.8 Å². The third-order valence-corrected chi connectivity index (χ3v) is 5.34. The van der Waals surface area contributed by atoms with Crippen LogP contribution in [0.25, 0.3) is 0 Å². The molecule has 27 heavy (non-hydrogen) atoms. The lowest BCUT2D eigenvalue weighted by molar-refractivity contribution is -0.205. The first-order chi connectivity index (χ1) is 13.1. The van der Waals surface area contributed by atoms with Gasteiger partial charge in [-0.3, -0.25) is 0 Å². The zero-order chi connectivity index (χ0) is 18.8. The average molecular weight is 391 g/mol. The van der Waals surface area contributed by atoms with Gasteiger partial charge in [0.25, 0.3) is 0 Å². The minimum absolute atomic E-state index is 0.213. The lowest BCUT2D eigenvalue weighted by Gasteiger charge is -2.32. The summed E-state index contributed by atoms with van der Waals surface area (Å²) >= 11 is 6.44. The zero-order valence-corrected chi connectivity index (χ0v) is 15.9. The number of hydrogen-bond acceptors (Lipinski definition) is 5. The maximum atomic E-state index is 10.1. The molecule has 6 heteroatoms. The van der Waals surface area contributed by atoms with Gasteiger partial charge in [-0.2, -0.15) is 0 Å². The Labute approximate surface area is 163 Å². The van der Waals surface area contributed by atoms with Crippen molar-refractivity contribution >= 4 is 11.6 Å². The molecule has 144 valence electrons. The number of ether oxygens (including phenoxy) is 4. The minimum Gasteiger partial charge on any atom is -0.486 e. The molecule has 1 fully saturated rings. The highest BCUT2D eigenvalue weighted by Crippen LogP contribution is 2.35. The molecular weight excluding hydrogens is 368 g/mol. The van der Waals surface area contributed by atoms with Crippen LogP contribution in [0.2, 0.25) is 5.02 Å². The summed E-state index contributed by atoms with van der Waals surface area (Å²) in [7, 11) is 1.59. The van der Waals surface area contributed by atoms with Crippen molar-refractivity contribution in [2.45, 2.75) is 37.8 Å². The van der Waals surface area contributed by atoms with Crippen molar-refractivity contribution in [2.24, 2.45) is 0 Å². The fourth-order valence-electron chi connectivity index (χ4n) is 3.57. The molecule has 0 bridgehead atoms. The van der Waals surface area contributed by atoms with Gasteiger partial charge in [0.2, 0.25) is 0 Å². The summed E-state index contributed by atoms with van der Waals surface area (Å²) in [6, 6.07) is 11.8. The maximum absolute atomic E-state index is 10.1. The number of halogens is 1. The van der Waals surface area contributed by atoms with E-state index >= 15 is 0 Å². The van der Waals surface area contributed by atoms with Gasteiger partial charge in [0.1, 0.15) is 13.2 Å². The summed E-state index contributed by atoms with van der Waals surface area (Å²) in [5.41, 5.74) is 3.09. The zero-order valence-electron chi connectivity index (χ0n) is 15.2. The third-order valence-electron chi connectivity index (χ3n) is 4.97. The third kappa shape index (κ3) is 4.22. The highest BCUT2D eigenvalue weighted by molar-refractivity contribution is 6.31. The molecule has 0 radical (unpaired) electrons. The number of benzene rings is 2. The van der Waals surface area contributed by atoms with Crippen LogP contribution in [0.5, 0.6) is 11.5 Å². The van der Waals surface area contributed by atoms with Gasteiger partial charge in [0, 0.05) is 25.0 Å². The molecule has 0 aromatic heterocycles. The molecule has 3 atom stereocenters. The Balaban J connectivity index is 1.56. The lowest BCUT2D eigenvalue weighted by Crippen LogP contribution is -2.32. The van der Waals surface area contributed by atoms with E-state index in [4.69, 9.17) is 30.5 Å². The predicted molar refractivity (Wildman–Crippen MR) is 102 cm³/mol. The first-order valence-corrected chi connectivity index (χ1v) is 9.53. The predicted octanol–water partition coefficient (Wildman–Crippen LogP) is 3.89. The van der Waals surface area contributed by atoms with E-state index in [2.05, 4.69) is 6.07 Å². The van der Waals surface area contributed by atoms with Crippen LogP contribution in [0.15, 0.2) is 36.4 Å². The Morgan fingerprint density at radius 3 is 2.70 bits per heavy atom. The van der Waals surface area contributed by atoms with E-state index in [1.807, 2.05) is 30.3 Å². The topological polar surface area (TPSA) is 57.2 Å². The normalized spacial score (nSPS) is 24.6. The molecular formula is C21H23ClO5. The van der Waals surface area contributed by atoms with Gasteiger partial charge < -0.3 is 24.1 Å². The van der Waals surface area contributed by atoms with Gasteiger partial charge in [-0.05, 0) is 41.3 Å². The van der Waals surface area contributed by atoms with E-state index in [0.29, 0.717) is 37.5 Å². The summed E-state index contributed by atoms with van der Waals surface area (Å²) in [6.45, 7) is 1.14. The molecule has 3 unspecified atom stereocenters. The van der Waals surface area contributed by atoms with Crippen LogP contribution in [0.1, 0.15) is 35.6 Å². The van der Waals surface area contributed by atoms with Gasteiger partial charge in [-0.1, -0.05) is 29.8 Å². The Kier molecular flexibility index (Phi) is 5.55. The number of rotatable bonds is 4.